The van der Waals surface area contributed by atoms with Crippen molar-refractivity contribution in [2.75, 3.05) is 0 Å². The van der Waals surface area contributed by atoms with Gasteiger partial charge in [0, 0.05) is 0 Å². The Hall–Kier alpha value is -1.31. The normalized spacial score (nSPS) is 36.0. The molecule has 3 unspecified atom stereocenters. The zero-order chi connectivity index (χ0) is 14.5. The predicted octanol–water partition coefficient (Wildman–Crippen LogP) is 4.09. The average molecular weight is 272 g/mol. The molecule has 1 aromatic carbocycles. The number of benzene rings is 1. The van der Waals surface area contributed by atoms with Gasteiger partial charge in [-0.25, -0.2) is 0 Å². The minimum Gasteiger partial charge on any atom is -0.481 e. The SMILES string of the molecule is Cc1ccc2c(c1)CCC1C(C)(C(=O)O)CCCC21C. The summed E-state index contributed by atoms with van der Waals surface area (Å²) in [5.74, 6) is -0.347. The quantitative estimate of drug-likeness (QED) is 0.836. The Morgan fingerprint density at radius 3 is 2.75 bits per heavy atom. The third-order valence-corrected chi connectivity index (χ3v) is 6.00. The molecule has 2 aliphatic rings. The van der Waals surface area contributed by atoms with Crippen molar-refractivity contribution in [2.24, 2.45) is 11.3 Å². The van der Waals surface area contributed by atoms with Gasteiger partial charge in [-0.05, 0) is 62.0 Å². The van der Waals surface area contributed by atoms with E-state index in [-0.39, 0.29) is 11.3 Å². The first-order valence-electron chi connectivity index (χ1n) is 7.71. The molecular formula is C18H24O2. The van der Waals surface area contributed by atoms with E-state index in [1.54, 1.807) is 0 Å². The van der Waals surface area contributed by atoms with Gasteiger partial charge < -0.3 is 5.11 Å². The third kappa shape index (κ3) is 1.73. The van der Waals surface area contributed by atoms with Crippen molar-refractivity contribution in [2.45, 2.75) is 58.3 Å². The Bertz CT molecular complexity index is 563. The standard InChI is InChI=1S/C18H24O2/c1-12-5-7-14-13(11-12)6-8-15-17(14,2)9-4-10-18(15,3)16(19)20/h5,7,11,15H,4,6,8-10H2,1-3H3,(H,19,20). The van der Waals surface area contributed by atoms with E-state index in [4.69, 9.17) is 0 Å². The van der Waals surface area contributed by atoms with Crippen LogP contribution in [0.15, 0.2) is 18.2 Å². The highest BCUT2D eigenvalue weighted by atomic mass is 16.4. The van der Waals surface area contributed by atoms with Crippen molar-refractivity contribution in [1.82, 2.24) is 0 Å². The number of aliphatic carboxylic acids is 1. The monoisotopic (exact) mass is 272 g/mol. The lowest BCUT2D eigenvalue weighted by Gasteiger charge is -2.53. The van der Waals surface area contributed by atoms with E-state index in [1.165, 1.54) is 16.7 Å². The first-order chi connectivity index (χ1) is 9.38. The summed E-state index contributed by atoms with van der Waals surface area (Å²) in [5, 5.41) is 9.74. The van der Waals surface area contributed by atoms with Gasteiger partial charge in [-0.2, -0.15) is 0 Å². The fraction of sp³-hybridized carbons (Fsp3) is 0.611. The maximum Gasteiger partial charge on any atom is 0.309 e. The molecule has 108 valence electrons. The van der Waals surface area contributed by atoms with Gasteiger partial charge in [0.15, 0.2) is 0 Å². The van der Waals surface area contributed by atoms with Gasteiger partial charge in [-0.15, -0.1) is 0 Å². The summed E-state index contributed by atoms with van der Waals surface area (Å²) >= 11 is 0. The van der Waals surface area contributed by atoms with Gasteiger partial charge in [-0.3, -0.25) is 4.79 Å². The summed E-state index contributed by atoms with van der Waals surface area (Å²) in [5.41, 5.74) is 3.63. The molecule has 0 radical (unpaired) electrons. The Morgan fingerprint density at radius 2 is 2.05 bits per heavy atom. The van der Waals surface area contributed by atoms with Crippen LogP contribution in [0, 0.1) is 18.3 Å². The van der Waals surface area contributed by atoms with Crippen LogP contribution in [0.5, 0.6) is 0 Å². The van der Waals surface area contributed by atoms with Gasteiger partial charge in [0.1, 0.15) is 0 Å². The summed E-state index contributed by atoms with van der Waals surface area (Å²) in [7, 11) is 0. The molecular weight excluding hydrogens is 248 g/mol. The maximum atomic E-state index is 11.8. The molecule has 0 saturated heterocycles. The molecule has 3 atom stereocenters. The molecule has 0 spiro atoms. The van der Waals surface area contributed by atoms with Gasteiger partial charge in [0.2, 0.25) is 0 Å². The summed E-state index contributed by atoms with van der Waals surface area (Å²) < 4.78 is 0. The molecule has 2 nitrogen and oxygen atoms in total. The molecule has 3 rings (SSSR count). The Balaban J connectivity index is 2.12. The van der Waals surface area contributed by atoms with Crippen LogP contribution in [0.2, 0.25) is 0 Å². The molecule has 2 heteroatoms. The second-order valence-electron chi connectivity index (χ2n) is 7.25. The highest BCUT2D eigenvalue weighted by molar-refractivity contribution is 5.75. The zero-order valence-corrected chi connectivity index (χ0v) is 12.7. The van der Waals surface area contributed by atoms with E-state index in [2.05, 4.69) is 32.0 Å². The third-order valence-electron chi connectivity index (χ3n) is 6.00. The van der Waals surface area contributed by atoms with Crippen LogP contribution in [-0.4, -0.2) is 11.1 Å². The van der Waals surface area contributed by atoms with Crippen LogP contribution in [0.1, 0.15) is 56.2 Å². The number of aryl methyl sites for hydroxylation is 2. The van der Waals surface area contributed by atoms with E-state index in [0.29, 0.717) is 0 Å². The van der Waals surface area contributed by atoms with E-state index in [9.17, 15) is 9.90 Å². The van der Waals surface area contributed by atoms with Crippen LogP contribution in [-0.2, 0) is 16.6 Å². The minimum atomic E-state index is -0.607. The van der Waals surface area contributed by atoms with E-state index in [1.807, 2.05) is 6.92 Å². The summed E-state index contributed by atoms with van der Waals surface area (Å²) in [6.45, 7) is 6.40. The van der Waals surface area contributed by atoms with E-state index in [0.717, 1.165) is 32.1 Å². The molecule has 20 heavy (non-hydrogen) atoms. The van der Waals surface area contributed by atoms with Crippen molar-refractivity contribution >= 4 is 5.97 Å². The van der Waals surface area contributed by atoms with Crippen molar-refractivity contribution < 1.29 is 9.90 Å². The number of rotatable bonds is 1. The molecule has 0 bridgehead atoms. The number of carboxylic acids is 1. The molecule has 1 N–H and O–H groups in total. The highest BCUT2D eigenvalue weighted by Crippen LogP contribution is 2.57. The fourth-order valence-electron chi connectivity index (χ4n) is 4.88. The number of carboxylic acid groups (broad SMARTS) is 1. The molecule has 1 fully saturated rings. The number of hydrogen-bond acceptors (Lipinski definition) is 1. The lowest BCUT2D eigenvalue weighted by atomic mass is 9.50. The number of hydrogen-bond donors (Lipinski definition) is 1. The van der Waals surface area contributed by atoms with Crippen LogP contribution in [0.25, 0.3) is 0 Å². The fourth-order valence-corrected chi connectivity index (χ4v) is 4.88. The Labute approximate surface area is 121 Å². The van der Waals surface area contributed by atoms with Crippen molar-refractivity contribution in [3.63, 3.8) is 0 Å². The van der Waals surface area contributed by atoms with Crippen molar-refractivity contribution in [1.29, 1.82) is 0 Å². The lowest BCUT2D eigenvalue weighted by Crippen LogP contribution is -2.52. The van der Waals surface area contributed by atoms with Crippen molar-refractivity contribution in [3.05, 3.63) is 34.9 Å². The molecule has 1 aromatic rings. The van der Waals surface area contributed by atoms with Gasteiger partial charge in [0.25, 0.3) is 0 Å². The maximum absolute atomic E-state index is 11.8. The molecule has 0 amide bonds. The smallest absolute Gasteiger partial charge is 0.309 e. The summed E-state index contributed by atoms with van der Waals surface area (Å²) in [6.07, 6.45) is 5.00. The molecule has 2 aliphatic carbocycles. The van der Waals surface area contributed by atoms with Gasteiger partial charge in [-0.1, -0.05) is 37.1 Å². The minimum absolute atomic E-state index is 0.0344. The summed E-state index contributed by atoms with van der Waals surface area (Å²) in [4.78, 5) is 11.8. The van der Waals surface area contributed by atoms with E-state index >= 15 is 0 Å². The molecule has 1 saturated carbocycles. The average Bonchev–Trinajstić information content (AvgIpc) is 2.37. The Kier molecular flexibility index (Phi) is 2.97. The Morgan fingerprint density at radius 1 is 1.30 bits per heavy atom. The molecule has 0 aromatic heterocycles. The van der Waals surface area contributed by atoms with Crippen LogP contribution in [0.4, 0.5) is 0 Å². The van der Waals surface area contributed by atoms with E-state index < -0.39 is 11.4 Å². The second-order valence-corrected chi connectivity index (χ2v) is 7.25. The van der Waals surface area contributed by atoms with Crippen LogP contribution in [0.3, 0.4) is 0 Å². The molecule has 0 heterocycles. The summed E-state index contributed by atoms with van der Waals surface area (Å²) in [6, 6.07) is 6.73. The number of fused-ring (bicyclic) bond motifs is 3. The second kappa shape index (κ2) is 4.34. The van der Waals surface area contributed by atoms with Gasteiger partial charge >= 0.3 is 5.97 Å². The van der Waals surface area contributed by atoms with Crippen LogP contribution >= 0.6 is 0 Å². The van der Waals surface area contributed by atoms with Gasteiger partial charge in [0.05, 0.1) is 5.41 Å². The molecule has 0 aliphatic heterocycles. The van der Waals surface area contributed by atoms with Crippen LogP contribution < -0.4 is 0 Å². The number of carbonyl (C=O) groups is 1. The zero-order valence-electron chi connectivity index (χ0n) is 12.7. The first-order valence-corrected chi connectivity index (χ1v) is 7.71. The predicted molar refractivity (Wildman–Crippen MR) is 79.9 cm³/mol. The largest absolute Gasteiger partial charge is 0.481 e. The topological polar surface area (TPSA) is 37.3 Å². The van der Waals surface area contributed by atoms with Crippen molar-refractivity contribution in [3.8, 4) is 0 Å². The lowest BCUT2D eigenvalue weighted by molar-refractivity contribution is -0.157. The highest BCUT2D eigenvalue weighted by Gasteiger charge is 2.55. The first kappa shape index (κ1) is 13.7.